The van der Waals surface area contributed by atoms with Crippen LogP contribution in [0.15, 0.2) is 52.1 Å². The average molecular weight is 318 g/mol. The molecule has 3 N–H and O–H groups in total. The van der Waals surface area contributed by atoms with Gasteiger partial charge >= 0.3 is 0 Å². The summed E-state index contributed by atoms with van der Waals surface area (Å²) < 4.78 is 18.0. The third kappa shape index (κ3) is 5.82. The summed E-state index contributed by atoms with van der Waals surface area (Å²) in [5, 5.41) is 8.68. The molecule has 2 aromatic rings. The third-order valence-electron chi connectivity index (χ3n) is 3.05. The predicted octanol–water partition coefficient (Wildman–Crippen LogP) is 1.40. The van der Waals surface area contributed by atoms with Gasteiger partial charge in [-0.15, -0.1) is 0 Å². The summed E-state index contributed by atoms with van der Waals surface area (Å²) in [7, 11) is 1.61. The van der Waals surface area contributed by atoms with Crippen LogP contribution in [0.2, 0.25) is 0 Å². The molecule has 0 radical (unpaired) electrons. The van der Waals surface area contributed by atoms with E-state index >= 15 is 0 Å². The van der Waals surface area contributed by atoms with Crippen molar-refractivity contribution in [1.29, 1.82) is 0 Å². The summed E-state index contributed by atoms with van der Waals surface area (Å²) >= 11 is 0. The van der Waals surface area contributed by atoms with E-state index in [1.807, 2.05) is 0 Å². The van der Waals surface area contributed by atoms with E-state index in [-0.39, 0.29) is 18.3 Å². The summed E-state index contributed by atoms with van der Waals surface area (Å²) in [6.07, 6.45) is 1.56. The molecule has 0 unspecified atom stereocenters. The summed E-state index contributed by atoms with van der Waals surface area (Å²) in [4.78, 5) is 15.8. The van der Waals surface area contributed by atoms with Crippen molar-refractivity contribution in [1.82, 2.24) is 16.0 Å². The Labute approximate surface area is 133 Å². The second-order valence-electron chi connectivity index (χ2n) is 4.76. The summed E-state index contributed by atoms with van der Waals surface area (Å²) in [6, 6.07) is 9.72. The van der Waals surface area contributed by atoms with Gasteiger partial charge in [-0.05, 0) is 29.8 Å². The number of hydrogen-bond donors (Lipinski definition) is 3. The monoisotopic (exact) mass is 318 g/mol. The topological polar surface area (TPSA) is 78.7 Å². The lowest BCUT2D eigenvalue weighted by atomic mass is 10.2. The number of carbonyl (C=O) groups excluding carboxylic acids is 1. The van der Waals surface area contributed by atoms with Gasteiger partial charge in [-0.1, -0.05) is 12.1 Å². The van der Waals surface area contributed by atoms with Crippen molar-refractivity contribution < 1.29 is 13.6 Å². The zero-order valence-corrected chi connectivity index (χ0v) is 12.8. The number of aliphatic imine (C=N–C) groups is 1. The molecule has 0 aliphatic heterocycles. The number of rotatable bonds is 6. The molecule has 0 aliphatic carbocycles. The smallest absolute Gasteiger partial charge is 0.239 e. The van der Waals surface area contributed by atoms with Crippen LogP contribution in [0.25, 0.3) is 0 Å². The van der Waals surface area contributed by atoms with E-state index in [0.29, 0.717) is 24.8 Å². The SMILES string of the molecule is CN=C(NCC(=O)NCc1ccco1)NCc1ccc(F)cc1. The Morgan fingerprint density at radius 1 is 1.13 bits per heavy atom. The molecule has 6 nitrogen and oxygen atoms in total. The van der Waals surface area contributed by atoms with Crippen LogP contribution in [0.3, 0.4) is 0 Å². The van der Waals surface area contributed by atoms with Crippen LogP contribution < -0.4 is 16.0 Å². The van der Waals surface area contributed by atoms with Crippen LogP contribution in [0.5, 0.6) is 0 Å². The molecule has 23 heavy (non-hydrogen) atoms. The van der Waals surface area contributed by atoms with Crippen LogP contribution in [-0.2, 0) is 17.9 Å². The van der Waals surface area contributed by atoms with Gasteiger partial charge in [0.1, 0.15) is 11.6 Å². The van der Waals surface area contributed by atoms with Gasteiger partial charge in [0, 0.05) is 13.6 Å². The molecule has 0 bridgehead atoms. The van der Waals surface area contributed by atoms with Gasteiger partial charge in [-0.2, -0.15) is 0 Å². The van der Waals surface area contributed by atoms with E-state index in [9.17, 15) is 9.18 Å². The van der Waals surface area contributed by atoms with Crippen molar-refractivity contribution in [2.24, 2.45) is 4.99 Å². The molecule has 1 aromatic carbocycles. The van der Waals surface area contributed by atoms with Crippen LogP contribution in [0, 0.1) is 5.82 Å². The van der Waals surface area contributed by atoms with Crippen LogP contribution in [0.1, 0.15) is 11.3 Å². The zero-order valence-electron chi connectivity index (χ0n) is 12.8. The minimum absolute atomic E-state index is 0.0871. The third-order valence-corrected chi connectivity index (χ3v) is 3.05. The molecule has 0 fully saturated rings. The Kier molecular flexibility index (Phi) is 6.17. The molecule has 1 aromatic heterocycles. The average Bonchev–Trinajstić information content (AvgIpc) is 3.08. The van der Waals surface area contributed by atoms with Gasteiger partial charge in [-0.25, -0.2) is 4.39 Å². The van der Waals surface area contributed by atoms with Gasteiger partial charge in [0.25, 0.3) is 0 Å². The first-order chi connectivity index (χ1) is 11.2. The van der Waals surface area contributed by atoms with E-state index in [4.69, 9.17) is 4.42 Å². The number of halogens is 1. The molecule has 122 valence electrons. The van der Waals surface area contributed by atoms with Crippen molar-refractivity contribution in [2.45, 2.75) is 13.1 Å². The number of carbonyl (C=O) groups is 1. The van der Waals surface area contributed by atoms with Crippen LogP contribution >= 0.6 is 0 Å². The van der Waals surface area contributed by atoms with Gasteiger partial charge in [0.2, 0.25) is 5.91 Å². The maximum atomic E-state index is 12.8. The molecule has 0 aliphatic rings. The molecule has 7 heteroatoms. The van der Waals surface area contributed by atoms with Crippen molar-refractivity contribution in [3.05, 3.63) is 59.8 Å². The Balaban J connectivity index is 1.69. The summed E-state index contributed by atoms with van der Waals surface area (Å²) in [6.45, 7) is 0.910. The number of benzene rings is 1. The first-order valence-corrected chi connectivity index (χ1v) is 7.15. The normalized spacial score (nSPS) is 11.1. The summed E-state index contributed by atoms with van der Waals surface area (Å²) in [5.74, 6) is 0.732. The van der Waals surface area contributed by atoms with Gasteiger partial charge in [0.15, 0.2) is 5.96 Å². The number of furan rings is 1. The minimum atomic E-state index is -0.274. The molecular weight excluding hydrogens is 299 g/mol. The molecule has 0 saturated carbocycles. The highest BCUT2D eigenvalue weighted by Crippen LogP contribution is 2.01. The Morgan fingerprint density at radius 3 is 2.57 bits per heavy atom. The van der Waals surface area contributed by atoms with Crippen molar-refractivity contribution >= 4 is 11.9 Å². The zero-order chi connectivity index (χ0) is 16.5. The molecule has 0 atom stereocenters. The van der Waals surface area contributed by atoms with E-state index in [0.717, 1.165) is 5.56 Å². The van der Waals surface area contributed by atoms with E-state index in [1.54, 1.807) is 37.6 Å². The number of nitrogens with one attached hydrogen (secondary N) is 3. The maximum Gasteiger partial charge on any atom is 0.239 e. The standard InChI is InChI=1S/C16H19FN4O2/c1-18-16(20-9-12-4-6-13(17)7-5-12)21-11-15(22)19-10-14-3-2-8-23-14/h2-8H,9-11H2,1H3,(H,19,22)(H2,18,20,21). The fourth-order valence-electron chi connectivity index (χ4n) is 1.83. The Morgan fingerprint density at radius 2 is 1.91 bits per heavy atom. The van der Waals surface area contributed by atoms with E-state index < -0.39 is 0 Å². The van der Waals surface area contributed by atoms with Crippen molar-refractivity contribution in [2.75, 3.05) is 13.6 Å². The lowest BCUT2D eigenvalue weighted by molar-refractivity contribution is -0.120. The molecule has 1 amide bonds. The maximum absolute atomic E-state index is 12.8. The molecule has 0 saturated heterocycles. The van der Waals surface area contributed by atoms with Crippen molar-refractivity contribution in [3.63, 3.8) is 0 Å². The first-order valence-electron chi connectivity index (χ1n) is 7.15. The second-order valence-corrected chi connectivity index (χ2v) is 4.76. The molecule has 0 spiro atoms. The van der Waals surface area contributed by atoms with Gasteiger partial charge < -0.3 is 20.4 Å². The minimum Gasteiger partial charge on any atom is -0.467 e. The van der Waals surface area contributed by atoms with E-state index in [1.165, 1.54) is 12.1 Å². The van der Waals surface area contributed by atoms with Gasteiger partial charge in [-0.3, -0.25) is 9.79 Å². The first kappa shape index (κ1) is 16.5. The molecule has 2 rings (SSSR count). The highest BCUT2D eigenvalue weighted by Gasteiger charge is 2.04. The largest absolute Gasteiger partial charge is 0.467 e. The fraction of sp³-hybridized carbons (Fsp3) is 0.250. The van der Waals surface area contributed by atoms with Crippen molar-refractivity contribution in [3.8, 4) is 0 Å². The van der Waals surface area contributed by atoms with Crippen LogP contribution in [0.4, 0.5) is 4.39 Å². The highest BCUT2D eigenvalue weighted by atomic mass is 19.1. The number of hydrogen-bond acceptors (Lipinski definition) is 3. The summed E-state index contributed by atoms with van der Waals surface area (Å²) in [5.41, 5.74) is 0.914. The molecule has 1 heterocycles. The van der Waals surface area contributed by atoms with E-state index in [2.05, 4.69) is 20.9 Å². The second kappa shape index (κ2) is 8.57. The number of guanidine groups is 1. The predicted molar refractivity (Wildman–Crippen MR) is 85.2 cm³/mol. The highest BCUT2D eigenvalue weighted by molar-refractivity contribution is 5.86. The quantitative estimate of drug-likeness (QED) is 0.556. The fourth-order valence-corrected chi connectivity index (χ4v) is 1.83. The lowest BCUT2D eigenvalue weighted by Crippen LogP contribution is -2.42. The Bertz CT molecular complexity index is 639. The lowest BCUT2D eigenvalue weighted by Gasteiger charge is -2.11. The van der Waals surface area contributed by atoms with Crippen LogP contribution in [-0.4, -0.2) is 25.5 Å². The number of amides is 1. The van der Waals surface area contributed by atoms with Gasteiger partial charge in [0.05, 0.1) is 19.4 Å². The number of nitrogens with zero attached hydrogens (tertiary/aromatic N) is 1. The molecular formula is C16H19FN4O2. The Hall–Kier alpha value is -2.83.